The van der Waals surface area contributed by atoms with Gasteiger partial charge in [0.25, 0.3) is 12.1 Å². The van der Waals surface area contributed by atoms with E-state index in [4.69, 9.17) is 0 Å². The summed E-state index contributed by atoms with van der Waals surface area (Å²) in [7, 11) is 0. The molecule has 0 amide bonds. The summed E-state index contributed by atoms with van der Waals surface area (Å²) in [5, 5.41) is 10.6. The Bertz CT molecular complexity index is 360. The maximum atomic E-state index is 12.2. The second kappa shape index (κ2) is 4.41. The molecule has 1 rings (SSSR count). The third-order valence-corrected chi connectivity index (χ3v) is 2.07. The summed E-state index contributed by atoms with van der Waals surface area (Å²) >= 11 is 2.98. The fourth-order valence-corrected chi connectivity index (χ4v) is 1.31. The normalized spacial score (nSPS) is 10.6. The van der Waals surface area contributed by atoms with E-state index in [0.717, 1.165) is 12.3 Å². The summed E-state index contributed by atoms with van der Waals surface area (Å²) < 4.78 is 24.3. The van der Waals surface area contributed by atoms with Gasteiger partial charge in [-0.25, -0.2) is 8.78 Å². The smallest absolute Gasteiger partial charge is 0.258 e. The Hall–Kier alpha value is -1.11. The van der Waals surface area contributed by atoms with Crippen molar-refractivity contribution in [2.45, 2.75) is 11.8 Å². The van der Waals surface area contributed by atoms with Gasteiger partial charge in [0.15, 0.2) is 0 Å². The Morgan fingerprint density at radius 1 is 1.64 bits per heavy atom. The van der Waals surface area contributed by atoms with Crippen LogP contribution in [0.4, 0.5) is 14.5 Å². The average Bonchev–Trinajstić information content (AvgIpc) is 2.16. The van der Waals surface area contributed by atoms with Crippen molar-refractivity contribution < 1.29 is 13.7 Å². The van der Waals surface area contributed by atoms with Crippen LogP contribution in [0, 0.1) is 10.1 Å². The van der Waals surface area contributed by atoms with Crippen molar-refractivity contribution >= 4 is 21.6 Å². The fourth-order valence-electron chi connectivity index (χ4n) is 0.877. The zero-order valence-corrected chi connectivity index (χ0v) is 8.37. The van der Waals surface area contributed by atoms with Crippen LogP contribution in [-0.2, 0) is 5.33 Å². The minimum Gasteiger partial charge on any atom is -0.258 e. The van der Waals surface area contributed by atoms with Crippen molar-refractivity contribution in [3.05, 3.63) is 33.6 Å². The SMILES string of the molecule is O=[N+]([O-])c1cc(C(F)F)cnc1CBr. The molecule has 0 saturated carbocycles. The summed E-state index contributed by atoms with van der Waals surface area (Å²) in [6.45, 7) is 0. The molecule has 14 heavy (non-hydrogen) atoms. The quantitative estimate of drug-likeness (QED) is 0.480. The number of alkyl halides is 3. The number of pyridine rings is 1. The summed E-state index contributed by atoms with van der Waals surface area (Å²) in [6.07, 6.45) is -1.81. The summed E-state index contributed by atoms with van der Waals surface area (Å²) in [4.78, 5) is 13.3. The lowest BCUT2D eigenvalue weighted by atomic mass is 10.2. The molecule has 0 aliphatic rings. The maximum Gasteiger partial charge on any atom is 0.292 e. The van der Waals surface area contributed by atoms with Crippen molar-refractivity contribution in [3.63, 3.8) is 0 Å². The van der Waals surface area contributed by atoms with Gasteiger partial charge in [0, 0.05) is 17.8 Å². The average molecular weight is 267 g/mol. The summed E-state index contributed by atoms with van der Waals surface area (Å²) in [5.74, 6) is 0. The molecule has 1 aromatic rings. The van der Waals surface area contributed by atoms with Crippen LogP contribution in [0.25, 0.3) is 0 Å². The maximum absolute atomic E-state index is 12.2. The summed E-state index contributed by atoms with van der Waals surface area (Å²) in [6, 6.07) is 0.842. The van der Waals surface area contributed by atoms with Gasteiger partial charge < -0.3 is 0 Å². The second-order valence-electron chi connectivity index (χ2n) is 2.43. The molecule has 0 bridgehead atoms. The van der Waals surface area contributed by atoms with E-state index in [9.17, 15) is 18.9 Å². The van der Waals surface area contributed by atoms with E-state index in [1.165, 1.54) is 0 Å². The van der Waals surface area contributed by atoms with Gasteiger partial charge in [0.05, 0.1) is 10.3 Å². The van der Waals surface area contributed by atoms with Crippen LogP contribution in [-0.4, -0.2) is 9.91 Å². The van der Waals surface area contributed by atoms with E-state index in [-0.39, 0.29) is 16.7 Å². The molecular weight excluding hydrogens is 262 g/mol. The standard InChI is InChI=1S/C7H5BrF2N2O2/c8-2-5-6(12(13)14)1-4(3-11-5)7(9)10/h1,3,7H,2H2. The molecule has 0 spiro atoms. The number of hydrogen-bond acceptors (Lipinski definition) is 3. The van der Waals surface area contributed by atoms with Gasteiger partial charge in [-0.1, -0.05) is 15.9 Å². The molecule has 0 aliphatic heterocycles. The van der Waals surface area contributed by atoms with Crippen LogP contribution in [0.3, 0.4) is 0 Å². The lowest BCUT2D eigenvalue weighted by Gasteiger charge is -2.01. The highest BCUT2D eigenvalue weighted by Crippen LogP contribution is 2.25. The number of nitrogens with zero attached hydrogens (tertiary/aromatic N) is 2. The number of halogens is 3. The van der Waals surface area contributed by atoms with Gasteiger partial charge in [-0.05, 0) is 0 Å². The number of rotatable bonds is 3. The molecule has 0 atom stereocenters. The van der Waals surface area contributed by atoms with E-state index in [1.54, 1.807) is 0 Å². The molecule has 0 N–H and O–H groups in total. The van der Waals surface area contributed by atoms with E-state index >= 15 is 0 Å². The van der Waals surface area contributed by atoms with Gasteiger partial charge in [-0.3, -0.25) is 15.1 Å². The predicted octanol–water partition coefficient (Wildman–Crippen LogP) is 2.82. The highest BCUT2D eigenvalue weighted by atomic mass is 79.9. The highest BCUT2D eigenvalue weighted by Gasteiger charge is 2.18. The first-order chi connectivity index (χ1) is 6.56. The first-order valence-electron chi connectivity index (χ1n) is 3.53. The van der Waals surface area contributed by atoms with Crippen LogP contribution in [0.15, 0.2) is 12.3 Å². The van der Waals surface area contributed by atoms with Crippen molar-refractivity contribution in [2.75, 3.05) is 0 Å². The molecule has 4 nitrogen and oxygen atoms in total. The third-order valence-electron chi connectivity index (χ3n) is 1.54. The second-order valence-corrected chi connectivity index (χ2v) is 2.99. The minimum atomic E-state index is -2.74. The number of nitro groups is 1. The van der Waals surface area contributed by atoms with E-state index in [1.807, 2.05) is 0 Å². The van der Waals surface area contributed by atoms with Crippen LogP contribution in [0.2, 0.25) is 0 Å². The first-order valence-corrected chi connectivity index (χ1v) is 4.65. The Labute approximate surface area is 86.2 Å². The largest absolute Gasteiger partial charge is 0.292 e. The zero-order valence-electron chi connectivity index (χ0n) is 6.78. The molecular formula is C7H5BrF2N2O2. The van der Waals surface area contributed by atoms with E-state index in [2.05, 4.69) is 20.9 Å². The van der Waals surface area contributed by atoms with Crippen LogP contribution in [0.5, 0.6) is 0 Å². The van der Waals surface area contributed by atoms with Crippen LogP contribution < -0.4 is 0 Å². The van der Waals surface area contributed by atoms with Crippen molar-refractivity contribution in [1.29, 1.82) is 0 Å². The summed E-state index contributed by atoms with van der Waals surface area (Å²) in [5.41, 5.74) is -0.694. The van der Waals surface area contributed by atoms with Gasteiger partial charge in [-0.2, -0.15) is 0 Å². The zero-order chi connectivity index (χ0) is 10.7. The molecule has 0 fully saturated rings. The molecule has 76 valence electrons. The van der Waals surface area contributed by atoms with Crippen LogP contribution >= 0.6 is 15.9 Å². The van der Waals surface area contributed by atoms with Crippen LogP contribution in [0.1, 0.15) is 17.7 Å². The van der Waals surface area contributed by atoms with Crippen molar-refractivity contribution in [1.82, 2.24) is 4.98 Å². The number of hydrogen-bond donors (Lipinski definition) is 0. The Morgan fingerprint density at radius 2 is 2.29 bits per heavy atom. The van der Waals surface area contributed by atoms with E-state index < -0.39 is 16.9 Å². The molecule has 0 saturated heterocycles. The van der Waals surface area contributed by atoms with Crippen molar-refractivity contribution in [3.8, 4) is 0 Å². The highest BCUT2D eigenvalue weighted by molar-refractivity contribution is 9.08. The topological polar surface area (TPSA) is 56.0 Å². The molecule has 0 radical (unpaired) electrons. The lowest BCUT2D eigenvalue weighted by Crippen LogP contribution is -1.98. The minimum absolute atomic E-state index is 0.138. The van der Waals surface area contributed by atoms with Gasteiger partial charge in [0.1, 0.15) is 5.69 Å². The molecule has 0 aliphatic carbocycles. The molecule has 0 aromatic carbocycles. The molecule has 1 aromatic heterocycles. The van der Waals surface area contributed by atoms with Crippen molar-refractivity contribution in [2.24, 2.45) is 0 Å². The van der Waals surface area contributed by atoms with Gasteiger partial charge in [0.2, 0.25) is 0 Å². The van der Waals surface area contributed by atoms with Gasteiger partial charge >= 0.3 is 0 Å². The van der Waals surface area contributed by atoms with E-state index in [0.29, 0.717) is 0 Å². The predicted molar refractivity (Wildman–Crippen MR) is 48.5 cm³/mol. The Balaban J connectivity index is 3.21. The molecule has 1 heterocycles. The van der Waals surface area contributed by atoms with Gasteiger partial charge in [-0.15, -0.1) is 0 Å². The Morgan fingerprint density at radius 3 is 2.71 bits per heavy atom. The molecule has 7 heteroatoms. The number of aromatic nitrogens is 1. The third kappa shape index (κ3) is 2.22. The monoisotopic (exact) mass is 266 g/mol. The Kier molecular flexibility index (Phi) is 3.45. The first kappa shape index (κ1) is 11.0. The molecule has 0 unspecified atom stereocenters. The lowest BCUT2D eigenvalue weighted by molar-refractivity contribution is -0.385. The fraction of sp³-hybridized carbons (Fsp3) is 0.286.